The molecule has 0 saturated heterocycles. The summed E-state index contributed by atoms with van der Waals surface area (Å²) in [6, 6.07) is 21.5. The predicted molar refractivity (Wildman–Crippen MR) is 161 cm³/mol. The second-order valence-electron chi connectivity index (χ2n) is 10.2. The van der Waals surface area contributed by atoms with Crippen molar-refractivity contribution in [3.63, 3.8) is 0 Å². The number of nitrogens with one attached hydrogen (secondary N) is 1. The minimum Gasteiger partial charge on any atom is -0.480 e. The maximum atomic E-state index is 13.4. The fourth-order valence-electron chi connectivity index (χ4n) is 4.71. The summed E-state index contributed by atoms with van der Waals surface area (Å²) < 4.78 is 49.6. The van der Waals surface area contributed by atoms with Gasteiger partial charge in [0.05, 0.1) is 17.7 Å². The molecule has 0 spiro atoms. The number of aliphatic carboxylic acids is 2. The van der Waals surface area contributed by atoms with Crippen LogP contribution in [0.15, 0.2) is 97.1 Å². The number of carboxylic acids is 2. The summed E-state index contributed by atoms with van der Waals surface area (Å²) in [6.07, 6.45) is -5.16. The van der Waals surface area contributed by atoms with Gasteiger partial charge in [-0.25, -0.2) is 0 Å². The van der Waals surface area contributed by atoms with Crippen molar-refractivity contribution in [3.05, 3.63) is 119 Å². The van der Waals surface area contributed by atoms with Crippen molar-refractivity contribution in [1.29, 1.82) is 0 Å². The molecule has 3 N–H and O–H groups in total. The van der Waals surface area contributed by atoms with Crippen molar-refractivity contribution < 1.29 is 56.8 Å². The van der Waals surface area contributed by atoms with Crippen LogP contribution in [-0.2, 0) is 41.9 Å². The van der Waals surface area contributed by atoms with Crippen molar-refractivity contribution in [3.8, 4) is 16.9 Å². The van der Waals surface area contributed by atoms with Gasteiger partial charge < -0.3 is 25.0 Å². The van der Waals surface area contributed by atoms with Crippen molar-refractivity contribution in [1.82, 2.24) is 0 Å². The maximum Gasteiger partial charge on any atom is 0.416 e. The van der Waals surface area contributed by atoms with E-state index in [4.69, 9.17) is 9.47 Å². The molecule has 4 aromatic rings. The Balaban J connectivity index is 1.60. The van der Waals surface area contributed by atoms with Gasteiger partial charge in [0.1, 0.15) is 6.61 Å². The van der Waals surface area contributed by atoms with Crippen molar-refractivity contribution in [2.24, 2.45) is 0 Å². The molecule has 47 heavy (non-hydrogen) atoms. The number of carbonyl (C=O) groups excluding carboxylic acids is 3. The summed E-state index contributed by atoms with van der Waals surface area (Å²) in [7, 11) is 0. The van der Waals surface area contributed by atoms with Gasteiger partial charge >= 0.3 is 30.1 Å². The first-order chi connectivity index (χ1) is 22.2. The SMILES string of the molecule is CC(=O)Oc1c(CC(=O)OCC(C(=O)O)(C(=O)O)c2ccccc2)cccc1NC(=O)c1ccccc1-c1ccc(C(F)(F)F)cc1. The van der Waals surface area contributed by atoms with E-state index < -0.39 is 60.0 Å². The average molecular weight is 650 g/mol. The Hall–Kier alpha value is -5.98. The molecule has 242 valence electrons. The number of hydrogen-bond donors (Lipinski definition) is 3. The summed E-state index contributed by atoms with van der Waals surface area (Å²) in [5.74, 6) is -6.34. The zero-order chi connectivity index (χ0) is 34.4. The molecule has 13 heteroatoms. The first-order valence-corrected chi connectivity index (χ1v) is 13.8. The smallest absolute Gasteiger partial charge is 0.416 e. The Morgan fingerprint density at radius 3 is 1.96 bits per heavy atom. The van der Waals surface area contributed by atoms with E-state index in [1.54, 1.807) is 24.3 Å². The molecule has 0 heterocycles. The number of anilines is 1. The number of amides is 1. The van der Waals surface area contributed by atoms with Gasteiger partial charge in [0.25, 0.3) is 5.91 Å². The van der Waals surface area contributed by atoms with Gasteiger partial charge in [-0.15, -0.1) is 0 Å². The lowest BCUT2D eigenvalue weighted by molar-refractivity contribution is -0.164. The number of ether oxygens (including phenoxy) is 2. The molecule has 0 aliphatic heterocycles. The largest absolute Gasteiger partial charge is 0.480 e. The Morgan fingerprint density at radius 1 is 0.745 bits per heavy atom. The third-order valence-electron chi connectivity index (χ3n) is 7.07. The van der Waals surface area contributed by atoms with Crippen LogP contribution < -0.4 is 10.1 Å². The van der Waals surface area contributed by atoms with Crippen LogP contribution in [0.25, 0.3) is 11.1 Å². The number of para-hydroxylation sites is 1. The van der Waals surface area contributed by atoms with Gasteiger partial charge in [-0.2, -0.15) is 13.2 Å². The summed E-state index contributed by atoms with van der Waals surface area (Å²) in [5, 5.41) is 22.3. The van der Waals surface area contributed by atoms with E-state index in [0.717, 1.165) is 19.1 Å². The third-order valence-corrected chi connectivity index (χ3v) is 7.07. The number of halogens is 3. The molecular weight excluding hydrogens is 623 g/mol. The lowest BCUT2D eigenvalue weighted by Gasteiger charge is -2.25. The highest BCUT2D eigenvalue weighted by Crippen LogP contribution is 2.34. The van der Waals surface area contributed by atoms with Crippen molar-refractivity contribution in [2.75, 3.05) is 11.9 Å². The monoisotopic (exact) mass is 649 g/mol. The first kappa shape index (κ1) is 33.9. The fraction of sp³-hybridized carbons (Fsp3) is 0.147. The molecule has 0 aromatic heterocycles. The van der Waals surface area contributed by atoms with Crippen LogP contribution in [-0.4, -0.2) is 46.6 Å². The minimum atomic E-state index is -4.54. The van der Waals surface area contributed by atoms with E-state index in [0.29, 0.717) is 11.1 Å². The van der Waals surface area contributed by atoms with E-state index in [1.807, 2.05) is 0 Å². The highest BCUT2D eigenvalue weighted by atomic mass is 19.4. The lowest BCUT2D eigenvalue weighted by Crippen LogP contribution is -2.48. The zero-order valence-electron chi connectivity index (χ0n) is 24.5. The Bertz CT molecular complexity index is 1810. The molecule has 4 rings (SSSR count). The second-order valence-corrected chi connectivity index (χ2v) is 10.2. The van der Waals surface area contributed by atoms with Gasteiger partial charge in [0, 0.05) is 18.1 Å². The third kappa shape index (κ3) is 7.64. The number of benzene rings is 4. The first-order valence-electron chi connectivity index (χ1n) is 13.8. The Morgan fingerprint density at radius 2 is 1.36 bits per heavy atom. The Kier molecular flexibility index (Phi) is 10.1. The van der Waals surface area contributed by atoms with E-state index in [2.05, 4.69) is 5.32 Å². The van der Waals surface area contributed by atoms with Crippen LogP contribution in [0.4, 0.5) is 18.9 Å². The summed E-state index contributed by atoms with van der Waals surface area (Å²) >= 11 is 0. The number of hydrogen-bond acceptors (Lipinski definition) is 7. The van der Waals surface area contributed by atoms with Gasteiger partial charge in [0.2, 0.25) is 5.41 Å². The van der Waals surface area contributed by atoms with Crippen LogP contribution in [0.1, 0.15) is 34.0 Å². The summed E-state index contributed by atoms with van der Waals surface area (Å²) in [5.41, 5.74) is -2.89. The normalized spacial score (nSPS) is 11.3. The van der Waals surface area contributed by atoms with Crippen molar-refractivity contribution >= 4 is 35.5 Å². The summed E-state index contributed by atoms with van der Waals surface area (Å²) in [6.45, 7) is 0.0229. The van der Waals surface area contributed by atoms with E-state index in [-0.39, 0.29) is 28.1 Å². The quantitative estimate of drug-likeness (QED) is 0.105. The van der Waals surface area contributed by atoms with Crippen LogP contribution >= 0.6 is 0 Å². The van der Waals surface area contributed by atoms with Gasteiger partial charge in [0.15, 0.2) is 5.75 Å². The predicted octanol–water partition coefficient (Wildman–Crippen LogP) is 5.74. The highest BCUT2D eigenvalue weighted by molar-refractivity contribution is 6.09. The van der Waals surface area contributed by atoms with Crippen LogP contribution in [0.5, 0.6) is 5.75 Å². The molecule has 0 saturated carbocycles. The zero-order valence-corrected chi connectivity index (χ0v) is 24.5. The molecular formula is C34H26F3NO9. The number of alkyl halides is 3. The standard InChI is InChI=1S/C34H26F3NO9/c1-20(39)47-29-22(18-28(40)46-19-33(31(42)43,32(44)45)23-9-3-2-4-10-23)8-7-13-27(29)38-30(41)26-12-6-5-11-25(26)21-14-16-24(17-15-21)34(35,36)37/h2-17H,18-19H2,1H3,(H,38,41)(H,42,43)(H,44,45). The van der Waals surface area contributed by atoms with Gasteiger partial charge in [-0.3, -0.25) is 24.0 Å². The van der Waals surface area contributed by atoms with Crippen LogP contribution in [0.3, 0.4) is 0 Å². The number of carboxylic acid groups (broad SMARTS) is 2. The second kappa shape index (κ2) is 14.0. The van der Waals surface area contributed by atoms with Crippen LogP contribution in [0, 0.1) is 0 Å². The molecule has 0 unspecified atom stereocenters. The minimum absolute atomic E-state index is 0.0370. The molecule has 0 radical (unpaired) electrons. The molecule has 0 bridgehead atoms. The lowest BCUT2D eigenvalue weighted by atomic mass is 9.81. The molecule has 0 aliphatic carbocycles. The number of carbonyl (C=O) groups is 5. The van der Waals surface area contributed by atoms with E-state index in [1.165, 1.54) is 60.7 Å². The maximum absolute atomic E-state index is 13.4. The number of esters is 2. The van der Waals surface area contributed by atoms with Gasteiger partial charge in [-0.1, -0.05) is 72.8 Å². The molecule has 0 atom stereocenters. The van der Waals surface area contributed by atoms with E-state index >= 15 is 0 Å². The molecule has 0 fully saturated rings. The molecule has 1 amide bonds. The fourth-order valence-corrected chi connectivity index (χ4v) is 4.71. The van der Waals surface area contributed by atoms with Crippen molar-refractivity contribution in [2.45, 2.75) is 24.9 Å². The van der Waals surface area contributed by atoms with E-state index in [9.17, 15) is 47.4 Å². The van der Waals surface area contributed by atoms with Crippen LogP contribution in [0.2, 0.25) is 0 Å². The Labute approximate surface area is 265 Å². The molecule has 0 aliphatic rings. The topological polar surface area (TPSA) is 156 Å². The molecule has 4 aromatic carbocycles. The highest BCUT2D eigenvalue weighted by Gasteiger charge is 2.50. The number of rotatable bonds is 11. The molecule has 10 nitrogen and oxygen atoms in total. The average Bonchev–Trinajstić information content (AvgIpc) is 3.02. The summed E-state index contributed by atoms with van der Waals surface area (Å²) in [4.78, 5) is 62.6. The van der Waals surface area contributed by atoms with Gasteiger partial charge in [-0.05, 0) is 41.0 Å².